The van der Waals surface area contributed by atoms with E-state index in [4.69, 9.17) is 28.9 Å². The summed E-state index contributed by atoms with van der Waals surface area (Å²) >= 11 is 11.6. The maximum atomic E-state index is 5.80. The Hall–Kier alpha value is -1.26. The van der Waals surface area contributed by atoms with Crippen LogP contribution in [0, 0.1) is 0 Å². The number of nitrogen functional groups attached to an aromatic ring is 1. The third-order valence-electron chi connectivity index (χ3n) is 1.56. The van der Waals surface area contributed by atoms with Gasteiger partial charge >= 0.3 is 6.01 Å². The van der Waals surface area contributed by atoms with Gasteiger partial charge < -0.3 is 10.3 Å². The quantitative estimate of drug-likeness (QED) is 0.817. The molecule has 0 amide bonds. The predicted molar refractivity (Wildman–Crippen MR) is 54.2 cm³/mol. The van der Waals surface area contributed by atoms with E-state index >= 15 is 0 Å². The molecule has 0 aliphatic rings. The van der Waals surface area contributed by atoms with Gasteiger partial charge in [0, 0.05) is 15.6 Å². The van der Waals surface area contributed by atoms with Crippen molar-refractivity contribution in [2.75, 3.05) is 5.73 Å². The lowest BCUT2D eigenvalue weighted by atomic mass is 10.2. The first-order valence-corrected chi connectivity index (χ1v) is 4.46. The summed E-state index contributed by atoms with van der Waals surface area (Å²) in [5, 5.41) is 4.66. The third kappa shape index (κ3) is 1.81. The van der Waals surface area contributed by atoms with Crippen LogP contribution >= 0.6 is 23.2 Å². The lowest BCUT2D eigenvalue weighted by Gasteiger charge is -1.96. The van der Waals surface area contributed by atoms with Gasteiger partial charge in [-0.1, -0.05) is 28.4 Å². The monoisotopic (exact) mass is 229 g/mol. The second-order valence-electron chi connectivity index (χ2n) is 2.61. The lowest BCUT2D eigenvalue weighted by molar-refractivity contribution is 0.437. The Morgan fingerprint density at radius 2 is 1.79 bits per heavy atom. The molecular formula is C8H5Cl2N3O. The predicted octanol–water partition coefficient (Wildman–Crippen LogP) is 2.63. The second kappa shape index (κ2) is 3.48. The zero-order chi connectivity index (χ0) is 10.1. The summed E-state index contributed by atoms with van der Waals surface area (Å²) in [6.07, 6.45) is 0. The minimum Gasteiger partial charge on any atom is -0.351 e. The summed E-state index contributed by atoms with van der Waals surface area (Å²) in [5.74, 6) is 0.368. The van der Waals surface area contributed by atoms with Gasteiger partial charge in [0.25, 0.3) is 0 Å². The highest BCUT2D eigenvalue weighted by Crippen LogP contribution is 2.25. The summed E-state index contributed by atoms with van der Waals surface area (Å²) in [7, 11) is 0. The van der Waals surface area contributed by atoms with E-state index in [1.807, 2.05) is 0 Å². The molecule has 2 aromatic rings. The van der Waals surface area contributed by atoms with E-state index in [9.17, 15) is 0 Å². The van der Waals surface area contributed by atoms with Crippen LogP contribution in [0.15, 0.2) is 22.7 Å². The second-order valence-corrected chi connectivity index (χ2v) is 3.49. The zero-order valence-electron chi connectivity index (χ0n) is 6.87. The van der Waals surface area contributed by atoms with Crippen molar-refractivity contribution in [2.45, 2.75) is 0 Å². The fourth-order valence-electron chi connectivity index (χ4n) is 1.04. The van der Waals surface area contributed by atoms with Crippen molar-refractivity contribution in [1.82, 2.24) is 10.1 Å². The van der Waals surface area contributed by atoms with E-state index in [2.05, 4.69) is 14.7 Å². The summed E-state index contributed by atoms with van der Waals surface area (Å²) in [4.78, 5) is 3.85. The van der Waals surface area contributed by atoms with Crippen LogP contribution in [-0.4, -0.2) is 10.1 Å². The third-order valence-corrected chi connectivity index (χ3v) is 2.00. The first-order valence-electron chi connectivity index (χ1n) is 3.71. The van der Waals surface area contributed by atoms with Gasteiger partial charge in [0.05, 0.1) is 0 Å². The molecule has 14 heavy (non-hydrogen) atoms. The van der Waals surface area contributed by atoms with Gasteiger partial charge in [-0.25, -0.2) is 0 Å². The Kier molecular flexibility index (Phi) is 2.31. The maximum absolute atomic E-state index is 5.80. The minimum absolute atomic E-state index is 0.0103. The largest absolute Gasteiger partial charge is 0.351 e. The van der Waals surface area contributed by atoms with Crippen molar-refractivity contribution >= 4 is 29.2 Å². The molecule has 0 aliphatic heterocycles. The van der Waals surface area contributed by atoms with Crippen LogP contribution in [0.2, 0.25) is 10.0 Å². The van der Waals surface area contributed by atoms with Crippen LogP contribution in [0.5, 0.6) is 0 Å². The lowest BCUT2D eigenvalue weighted by Crippen LogP contribution is -1.84. The topological polar surface area (TPSA) is 64.9 Å². The van der Waals surface area contributed by atoms with Gasteiger partial charge in [-0.05, 0) is 18.2 Å². The van der Waals surface area contributed by atoms with E-state index in [0.717, 1.165) is 0 Å². The van der Waals surface area contributed by atoms with Gasteiger partial charge in [-0.15, -0.1) is 0 Å². The summed E-state index contributed by atoms with van der Waals surface area (Å²) < 4.78 is 4.63. The van der Waals surface area contributed by atoms with Gasteiger partial charge in [-0.2, -0.15) is 4.98 Å². The van der Waals surface area contributed by atoms with E-state index < -0.39 is 0 Å². The molecule has 0 radical (unpaired) electrons. The molecule has 2 N–H and O–H groups in total. The van der Waals surface area contributed by atoms with Gasteiger partial charge in [0.15, 0.2) is 0 Å². The Morgan fingerprint density at radius 3 is 2.29 bits per heavy atom. The van der Waals surface area contributed by atoms with Crippen LogP contribution in [0.25, 0.3) is 11.4 Å². The molecule has 0 aliphatic carbocycles. The van der Waals surface area contributed by atoms with Crippen LogP contribution < -0.4 is 5.73 Å². The zero-order valence-corrected chi connectivity index (χ0v) is 8.38. The molecule has 6 heteroatoms. The highest BCUT2D eigenvalue weighted by Gasteiger charge is 2.07. The van der Waals surface area contributed by atoms with Crippen LogP contribution in [0.1, 0.15) is 0 Å². The Labute approximate surface area is 89.6 Å². The Bertz CT molecular complexity index is 449. The van der Waals surface area contributed by atoms with Crippen molar-refractivity contribution < 1.29 is 4.52 Å². The average Bonchev–Trinajstić information content (AvgIpc) is 2.50. The summed E-state index contributed by atoms with van der Waals surface area (Å²) in [6, 6.07) is 4.99. The molecule has 1 heterocycles. The molecule has 1 aromatic carbocycles. The standard InChI is InChI=1S/C8H5Cl2N3O/c9-5-1-4(2-6(10)3-5)7-12-8(11)14-13-7/h1-3H,(H2,11,12,13). The fraction of sp³-hybridized carbons (Fsp3) is 0. The highest BCUT2D eigenvalue weighted by molar-refractivity contribution is 6.35. The SMILES string of the molecule is Nc1nc(-c2cc(Cl)cc(Cl)c2)no1. The number of rotatable bonds is 1. The van der Waals surface area contributed by atoms with Crippen LogP contribution in [-0.2, 0) is 0 Å². The number of hydrogen-bond donors (Lipinski definition) is 1. The molecule has 0 fully saturated rings. The maximum Gasteiger partial charge on any atom is 0.319 e. The molecule has 0 unspecified atom stereocenters. The van der Waals surface area contributed by atoms with Gasteiger partial charge in [0.2, 0.25) is 5.82 Å². The number of halogens is 2. The Morgan fingerprint density at radius 1 is 1.14 bits per heavy atom. The van der Waals surface area contributed by atoms with Crippen LogP contribution in [0.3, 0.4) is 0 Å². The molecular weight excluding hydrogens is 225 g/mol. The fourth-order valence-corrected chi connectivity index (χ4v) is 1.56. The number of anilines is 1. The van der Waals surface area contributed by atoms with Gasteiger partial charge in [0.1, 0.15) is 0 Å². The summed E-state index contributed by atoms with van der Waals surface area (Å²) in [6.45, 7) is 0. The average molecular weight is 230 g/mol. The van der Waals surface area contributed by atoms with E-state index in [-0.39, 0.29) is 6.01 Å². The normalized spacial score (nSPS) is 10.4. The number of aromatic nitrogens is 2. The smallest absolute Gasteiger partial charge is 0.319 e. The highest BCUT2D eigenvalue weighted by atomic mass is 35.5. The molecule has 0 saturated carbocycles. The molecule has 0 saturated heterocycles. The molecule has 4 nitrogen and oxygen atoms in total. The van der Waals surface area contributed by atoms with E-state index in [1.165, 1.54) is 0 Å². The Balaban J connectivity index is 2.51. The summed E-state index contributed by atoms with van der Waals surface area (Å²) in [5.41, 5.74) is 5.96. The number of nitrogens with two attached hydrogens (primary N) is 1. The van der Waals surface area contributed by atoms with E-state index in [1.54, 1.807) is 18.2 Å². The van der Waals surface area contributed by atoms with Crippen molar-refractivity contribution in [3.05, 3.63) is 28.2 Å². The molecule has 2 rings (SSSR count). The van der Waals surface area contributed by atoms with Crippen molar-refractivity contribution in [3.8, 4) is 11.4 Å². The molecule has 0 atom stereocenters. The molecule has 0 bridgehead atoms. The van der Waals surface area contributed by atoms with Crippen LogP contribution in [0.4, 0.5) is 6.01 Å². The first-order chi connectivity index (χ1) is 6.65. The number of nitrogens with zero attached hydrogens (tertiary/aromatic N) is 2. The number of hydrogen-bond acceptors (Lipinski definition) is 4. The molecule has 0 spiro atoms. The minimum atomic E-state index is 0.0103. The van der Waals surface area contributed by atoms with Gasteiger partial charge in [-0.3, -0.25) is 0 Å². The number of benzene rings is 1. The van der Waals surface area contributed by atoms with E-state index in [0.29, 0.717) is 21.4 Å². The first kappa shape index (κ1) is 9.30. The molecule has 1 aromatic heterocycles. The molecule has 72 valence electrons. The van der Waals surface area contributed by atoms with Crippen molar-refractivity contribution in [2.24, 2.45) is 0 Å². The van der Waals surface area contributed by atoms with Crippen molar-refractivity contribution in [3.63, 3.8) is 0 Å². The van der Waals surface area contributed by atoms with Crippen molar-refractivity contribution in [1.29, 1.82) is 0 Å².